The van der Waals surface area contributed by atoms with Gasteiger partial charge in [0.25, 0.3) is 5.91 Å². The maximum atomic E-state index is 12.9. The molecule has 0 saturated heterocycles. The first kappa shape index (κ1) is 35.4. The molecule has 0 aliphatic heterocycles. The van der Waals surface area contributed by atoms with E-state index in [1.165, 1.54) is 0 Å². The molecule has 0 aliphatic carbocycles. The van der Waals surface area contributed by atoms with E-state index in [9.17, 15) is 9.59 Å². The van der Waals surface area contributed by atoms with Crippen LogP contribution in [0.15, 0.2) is 115 Å². The van der Waals surface area contributed by atoms with Gasteiger partial charge in [0.05, 0.1) is 23.6 Å². The number of hydrogen-bond acceptors (Lipinski definition) is 4. The quantitative estimate of drug-likeness (QED) is 0.164. The molecule has 6 aromatic rings. The number of benzene rings is 4. The molecular weight excluding hydrogens is 681 g/mol. The van der Waals surface area contributed by atoms with Gasteiger partial charge in [0, 0.05) is 32.6 Å². The van der Waals surface area contributed by atoms with Crippen molar-refractivity contribution in [2.45, 2.75) is 39.3 Å². The van der Waals surface area contributed by atoms with Gasteiger partial charge in [-0.1, -0.05) is 122 Å². The lowest BCUT2D eigenvalue weighted by molar-refractivity contribution is 0.0689. The van der Waals surface area contributed by atoms with Gasteiger partial charge in [0.2, 0.25) is 0 Å². The van der Waals surface area contributed by atoms with Crippen LogP contribution in [-0.2, 0) is 18.5 Å². The number of hydrogen-bond donors (Lipinski definition) is 2. The van der Waals surface area contributed by atoms with Crippen molar-refractivity contribution in [3.05, 3.63) is 159 Å². The third kappa shape index (κ3) is 9.18. The molecule has 0 unspecified atom stereocenters. The van der Waals surface area contributed by atoms with Gasteiger partial charge in [0.1, 0.15) is 5.69 Å². The zero-order valence-corrected chi connectivity index (χ0v) is 29.3. The van der Waals surface area contributed by atoms with Gasteiger partial charge in [0.15, 0.2) is 5.69 Å². The van der Waals surface area contributed by atoms with Crippen molar-refractivity contribution in [1.82, 2.24) is 24.9 Å². The second-order valence-electron chi connectivity index (χ2n) is 12.2. The number of carbonyl (C=O) groups excluding carboxylic acids is 1. The molecule has 0 saturated carbocycles. The number of carboxylic acid groups (broad SMARTS) is 1. The van der Waals surface area contributed by atoms with Gasteiger partial charge < -0.3 is 10.4 Å². The first-order chi connectivity index (χ1) is 23.4. The van der Waals surface area contributed by atoms with Crippen LogP contribution in [0.3, 0.4) is 0 Å². The van der Waals surface area contributed by atoms with Crippen molar-refractivity contribution in [2.75, 3.05) is 0 Å². The summed E-state index contributed by atoms with van der Waals surface area (Å²) in [7, 11) is 0. The lowest BCUT2D eigenvalue weighted by atomic mass is 9.92. The Morgan fingerprint density at radius 2 is 1.41 bits per heavy atom. The summed E-state index contributed by atoms with van der Waals surface area (Å²) in [5.41, 5.74) is 5.45. The second kappa shape index (κ2) is 15.6. The first-order valence-electron chi connectivity index (χ1n) is 15.4. The Morgan fingerprint density at radius 3 is 2.02 bits per heavy atom. The summed E-state index contributed by atoms with van der Waals surface area (Å²) < 4.78 is 3.31. The van der Waals surface area contributed by atoms with Crippen LogP contribution in [0.2, 0.25) is 15.1 Å². The van der Waals surface area contributed by atoms with E-state index < -0.39 is 5.97 Å². The predicted octanol–water partition coefficient (Wildman–Crippen LogP) is 9.36. The highest BCUT2D eigenvalue weighted by Gasteiger charge is 2.23. The molecule has 0 fully saturated rings. The molecule has 0 bridgehead atoms. The molecule has 2 aromatic heterocycles. The summed E-state index contributed by atoms with van der Waals surface area (Å²) in [5.74, 6) is -1.23. The van der Waals surface area contributed by atoms with Crippen molar-refractivity contribution >= 4 is 46.7 Å². The minimum absolute atomic E-state index is 0.00352. The van der Waals surface area contributed by atoms with Crippen LogP contribution in [0.5, 0.6) is 0 Å². The molecule has 4 aromatic carbocycles. The van der Waals surface area contributed by atoms with Crippen LogP contribution < -0.4 is 5.32 Å². The average molecular weight is 715 g/mol. The van der Waals surface area contributed by atoms with E-state index in [4.69, 9.17) is 39.9 Å². The van der Waals surface area contributed by atoms with E-state index in [1.807, 2.05) is 72.8 Å². The van der Waals surface area contributed by atoms with Crippen LogP contribution in [-0.4, -0.2) is 36.5 Å². The molecule has 0 spiro atoms. The standard InChI is InChI=1S/C22H23Cl2N3O.C16H11ClN2O2/c1-22(2,3)20-12-19(21(28)25-13-15-7-5-4-6-8-15)27(26-20)14-16-9-10-17(23)11-18(16)24;17-12-6-8-13(9-7-12)19-15(10-14(18-19)16(20)21)11-4-2-1-3-5-11/h4-12H,13-14H2,1-3H3,(H,25,28);1-10H,(H,20,21). The number of aromatic carboxylic acids is 1. The number of halogens is 3. The lowest BCUT2D eigenvalue weighted by Gasteiger charge is -2.14. The zero-order chi connectivity index (χ0) is 35.1. The largest absolute Gasteiger partial charge is 0.476 e. The van der Waals surface area contributed by atoms with Crippen LogP contribution in [0.25, 0.3) is 16.9 Å². The van der Waals surface area contributed by atoms with E-state index in [-0.39, 0.29) is 17.0 Å². The van der Waals surface area contributed by atoms with E-state index in [2.05, 4.69) is 36.3 Å². The summed E-state index contributed by atoms with van der Waals surface area (Å²) in [6.45, 7) is 7.05. The fraction of sp³-hybridized carbons (Fsp3) is 0.158. The Morgan fingerprint density at radius 1 is 0.776 bits per heavy atom. The first-order valence-corrected chi connectivity index (χ1v) is 16.5. The SMILES string of the molecule is CC(C)(C)c1cc(C(=O)NCc2ccccc2)n(Cc2ccc(Cl)cc2Cl)n1.O=C(O)c1cc(-c2ccccc2)n(-c2ccc(Cl)cc2)n1. The summed E-state index contributed by atoms with van der Waals surface area (Å²) in [5, 5.41) is 22.7. The van der Waals surface area contributed by atoms with Crippen molar-refractivity contribution in [2.24, 2.45) is 0 Å². The van der Waals surface area contributed by atoms with Gasteiger partial charge in [-0.05, 0) is 59.7 Å². The number of amides is 1. The Hall–Kier alpha value is -4.89. The van der Waals surface area contributed by atoms with Gasteiger partial charge in [-0.15, -0.1) is 0 Å². The molecular formula is C38H34Cl3N5O3. The summed E-state index contributed by atoms with van der Waals surface area (Å²) in [6, 6.07) is 35.2. The number of carbonyl (C=O) groups is 2. The number of aromatic nitrogens is 4. The zero-order valence-electron chi connectivity index (χ0n) is 27.1. The molecule has 8 nitrogen and oxygen atoms in total. The van der Waals surface area contributed by atoms with E-state index in [1.54, 1.807) is 51.8 Å². The van der Waals surface area contributed by atoms with Gasteiger partial charge >= 0.3 is 5.97 Å². The summed E-state index contributed by atoms with van der Waals surface area (Å²) in [6.07, 6.45) is 0. The highest BCUT2D eigenvalue weighted by atomic mass is 35.5. The highest BCUT2D eigenvalue weighted by Crippen LogP contribution is 2.27. The fourth-order valence-corrected chi connectivity index (χ4v) is 5.44. The molecule has 250 valence electrons. The van der Waals surface area contributed by atoms with Crippen LogP contribution in [0, 0.1) is 0 Å². The number of nitrogens with one attached hydrogen (secondary N) is 1. The Labute approximate surface area is 299 Å². The molecule has 0 radical (unpaired) electrons. The van der Waals surface area contributed by atoms with Gasteiger partial charge in [-0.25, -0.2) is 9.48 Å². The second-order valence-corrected chi connectivity index (χ2v) is 13.5. The molecule has 2 N–H and O–H groups in total. The highest BCUT2D eigenvalue weighted by molar-refractivity contribution is 6.35. The van der Waals surface area contributed by atoms with Gasteiger partial charge in [-0.2, -0.15) is 10.2 Å². The molecule has 6 rings (SSSR count). The average Bonchev–Trinajstić information content (AvgIpc) is 3.73. The molecule has 11 heteroatoms. The third-order valence-corrected chi connectivity index (χ3v) is 8.32. The van der Waals surface area contributed by atoms with E-state index in [0.29, 0.717) is 33.9 Å². The Balaban J connectivity index is 0.000000199. The van der Waals surface area contributed by atoms with Crippen molar-refractivity contribution in [3.8, 4) is 16.9 Å². The van der Waals surface area contributed by atoms with Crippen LogP contribution >= 0.6 is 34.8 Å². The van der Waals surface area contributed by atoms with Crippen molar-refractivity contribution in [1.29, 1.82) is 0 Å². The normalized spacial score (nSPS) is 11.1. The Kier molecular flexibility index (Phi) is 11.2. The molecule has 1 amide bonds. The number of carboxylic acids is 1. The number of rotatable bonds is 8. The monoisotopic (exact) mass is 713 g/mol. The van der Waals surface area contributed by atoms with E-state index >= 15 is 0 Å². The van der Waals surface area contributed by atoms with Gasteiger partial charge in [-0.3, -0.25) is 9.48 Å². The minimum Gasteiger partial charge on any atom is -0.476 e. The molecule has 0 atom stereocenters. The van der Waals surface area contributed by atoms with E-state index in [0.717, 1.165) is 33.8 Å². The smallest absolute Gasteiger partial charge is 0.356 e. The summed E-state index contributed by atoms with van der Waals surface area (Å²) in [4.78, 5) is 24.1. The molecule has 2 heterocycles. The number of nitrogens with zero attached hydrogens (tertiary/aromatic N) is 4. The maximum Gasteiger partial charge on any atom is 0.356 e. The minimum atomic E-state index is -1.06. The molecule has 49 heavy (non-hydrogen) atoms. The maximum absolute atomic E-state index is 12.9. The lowest BCUT2D eigenvalue weighted by Crippen LogP contribution is -2.26. The Bertz CT molecular complexity index is 2050. The predicted molar refractivity (Wildman–Crippen MR) is 195 cm³/mol. The third-order valence-electron chi connectivity index (χ3n) is 7.48. The summed E-state index contributed by atoms with van der Waals surface area (Å²) >= 11 is 18.2. The topological polar surface area (TPSA) is 102 Å². The van der Waals surface area contributed by atoms with Crippen molar-refractivity contribution < 1.29 is 14.7 Å². The fourth-order valence-electron chi connectivity index (χ4n) is 4.85. The van der Waals surface area contributed by atoms with Crippen LogP contribution in [0.4, 0.5) is 0 Å². The van der Waals surface area contributed by atoms with Crippen LogP contribution in [0.1, 0.15) is 58.6 Å². The molecule has 0 aliphatic rings. The van der Waals surface area contributed by atoms with Crippen molar-refractivity contribution in [3.63, 3.8) is 0 Å².